The van der Waals surface area contributed by atoms with E-state index in [0.717, 1.165) is 44.2 Å². The zero-order valence-corrected chi connectivity index (χ0v) is 13.4. The minimum atomic E-state index is 0.359. The Bertz CT molecular complexity index is 712. The topological polar surface area (TPSA) is 70.2 Å². The number of piperazine rings is 1. The fourth-order valence-corrected chi connectivity index (χ4v) is 2.71. The van der Waals surface area contributed by atoms with Crippen molar-refractivity contribution in [2.24, 2.45) is 0 Å². The van der Waals surface area contributed by atoms with Crippen LogP contribution in [0.3, 0.4) is 0 Å². The number of nitriles is 1. The molecule has 1 aromatic carbocycles. The molecule has 3 rings (SSSR count). The van der Waals surface area contributed by atoms with E-state index in [1.54, 1.807) is 7.11 Å². The first-order valence-electron chi connectivity index (χ1n) is 7.74. The summed E-state index contributed by atoms with van der Waals surface area (Å²) in [6.07, 6.45) is 0. The van der Waals surface area contributed by atoms with Crippen LogP contribution < -0.4 is 9.64 Å². The number of methoxy groups -OCH3 is 1. The standard InChI is InChI=1S/C16H20N6O/c1-3-20-7-9-21(10-8-20)16-15(12-17)18-22(19-16)13-5-4-6-14(11-13)23-2/h4-6,11H,3,7-10H2,1-2H3. The van der Waals surface area contributed by atoms with Gasteiger partial charge in [-0.3, -0.25) is 0 Å². The molecule has 7 heteroatoms. The summed E-state index contributed by atoms with van der Waals surface area (Å²) in [5, 5.41) is 18.2. The largest absolute Gasteiger partial charge is 0.497 e. The monoisotopic (exact) mass is 312 g/mol. The molecule has 0 radical (unpaired) electrons. The number of benzene rings is 1. The molecule has 2 heterocycles. The van der Waals surface area contributed by atoms with Crippen molar-refractivity contribution in [2.75, 3.05) is 44.7 Å². The average molecular weight is 312 g/mol. The Balaban J connectivity index is 1.88. The zero-order valence-electron chi connectivity index (χ0n) is 13.4. The molecule has 7 nitrogen and oxygen atoms in total. The third-order valence-corrected chi connectivity index (χ3v) is 4.11. The Morgan fingerprint density at radius 3 is 2.65 bits per heavy atom. The zero-order chi connectivity index (χ0) is 16.2. The van der Waals surface area contributed by atoms with Crippen LogP contribution in [0.4, 0.5) is 5.82 Å². The first-order chi connectivity index (χ1) is 11.2. The van der Waals surface area contributed by atoms with E-state index < -0.39 is 0 Å². The van der Waals surface area contributed by atoms with Gasteiger partial charge in [-0.1, -0.05) is 13.0 Å². The first kappa shape index (κ1) is 15.3. The summed E-state index contributed by atoms with van der Waals surface area (Å²) in [6, 6.07) is 9.64. The van der Waals surface area contributed by atoms with E-state index in [4.69, 9.17) is 4.74 Å². The lowest BCUT2D eigenvalue weighted by Gasteiger charge is -2.33. The fourth-order valence-electron chi connectivity index (χ4n) is 2.71. The van der Waals surface area contributed by atoms with Gasteiger partial charge in [-0.15, -0.1) is 15.0 Å². The molecule has 2 aromatic rings. The molecule has 0 saturated carbocycles. The van der Waals surface area contributed by atoms with Gasteiger partial charge in [-0.2, -0.15) is 5.26 Å². The number of hydrogen-bond acceptors (Lipinski definition) is 6. The van der Waals surface area contributed by atoms with E-state index in [1.807, 2.05) is 24.3 Å². The molecule has 0 atom stereocenters. The smallest absolute Gasteiger partial charge is 0.207 e. The van der Waals surface area contributed by atoms with Crippen molar-refractivity contribution < 1.29 is 4.74 Å². The summed E-state index contributed by atoms with van der Waals surface area (Å²) in [6.45, 7) is 6.89. The third-order valence-electron chi connectivity index (χ3n) is 4.11. The molecule has 23 heavy (non-hydrogen) atoms. The molecule has 1 aliphatic rings. The molecule has 1 aromatic heterocycles. The van der Waals surface area contributed by atoms with E-state index in [2.05, 4.69) is 33.0 Å². The summed E-state index contributed by atoms with van der Waals surface area (Å²) in [4.78, 5) is 6.02. The van der Waals surface area contributed by atoms with Crippen molar-refractivity contribution in [2.45, 2.75) is 6.92 Å². The molecule has 0 aliphatic carbocycles. The molecular formula is C16H20N6O. The molecule has 1 saturated heterocycles. The normalized spacial score (nSPS) is 15.4. The lowest BCUT2D eigenvalue weighted by molar-refractivity contribution is 0.270. The van der Waals surface area contributed by atoms with Gasteiger partial charge in [0, 0.05) is 32.2 Å². The van der Waals surface area contributed by atoms with Gasteiger partial charge >= 0.3 is 0 Å². The van der Waals surface area contributed by atoms with E-state index in [-0.39, 0.29) is 0 Å². The van der Waals surface area contributed by atoms with Crippen LogP contribution in [0.25, 0.3) is 5.69 Å². The van der Waals surface area contributed by atoms with Crippen molar-refractivity contribution in [3.05, 3.63) is 30.0 Å². The van der Waals surface area contributed by atoms with Gasteiger partial charge in [-0.05, 0) is 18.7 Å². The van der Waals surface area contributed by atoms with Gasteiger partial charge in [-0.25, -0.2) is 0 Å². The number of aromatic nitrogens is 3. The number of hydrogen-bond donors (Lipinski definition) is 0. The Morgan fingerprint density at radius 2 is 2.00 bits per heavy atom. The Hall–Kier alpha value is -2.59. The van der Waals surface area contributed by atoms with Crippen LogP contribution >= 0.6 is 0 Å². The second kappa shape index (κ2) is 6.67. The molecule has 1 aliphatic heterocycles. The van der Waals surface area contributed by atoms with Crippen LogP contribution in [0.15, 0.2) is 24.3 Å². The molecule has 0 amide bonds. The third kappa shape index (κ3) is 3.12. The molecule has 0 bridgehead atoms. The Labute approximate surface area is 135 Å². The number of anilines is 1. The highest BCUT2D eigenvalue weighted by atomic mass is 16.5. The number of likely N-dealkylation sites (N-methyl/N-ethyl adjacent to an activating group) is 1. The first-order valence-corrected chi connectivity index (χ1v) is 7.74. The molecule has 120 valence electrons. The second-order valence-electron chi connectivity index (χ2n) is 5.40. The van der Waals surface area contributed by atoms with E-state index in [9.17, 15) is 5.26 Å². The summed E-state index contributed by atoms with van der Waals surface area (Å²) < 4.78 is 5.23. The predicted molar refractivity (Wildman–Crippen MR) is 87.0 cm³/mol. The minimum absolute atomic E-state index is 0.359. The summed E-state index contributed by atoms with van der Waals surface area (Å²) in [5.74, 6) is 1.39. The maximum absolute atomic E-state index is 9.38. The van der Waals surface area contributed by atoms with Crippen LogP contribution in [0.1, 0.15) is 12.6 Å². The van der Waals surface area contributed by atoms with Crippen molar-refractivity contribution in [1.29, 1.82) is 5.26 Å². The molecule has 0 unspecified atom stereocenters. The highest BCUT2D eigenvalue weighted by molar-refractivity contribution is 5.51. The average Bonchev–Trinajstić information content (AvgIpc) is 3.06. The summed E-state index contributed by atoms with van der Waals surface area (Å²) >= 11 is 0. The van der Waals surface area contributed by atoms with E-state index in [1.165, 1.54) is 4.80 Å². The lowest BCUT2D eigenvalue weighted by atomic mass is 10.3. The highest BCUT2D eigenvalue weighted by Gasteiger charge is 2.22. The lowest BCUT2D eigenvalue weighted by Crippen LogP contribution is -2.46. The van der Waals surface area contributed by atoms with E-state index >= 15 is 0 Å². The highest BCUT2D eigenvalue weighted by Crippen LogP contribution is 2.21. The summed E-state index contributed by atoms with van der Waals surface area (Å²) in [7, 11) is 1.62. The van der Waals surface area contributed by atoms with Crippen LogP contribution in [0, 0.1) is 11.3 Å². The van der Waals surface area contributed by atoms with E-state index in [0.29, 0.717) is 11.5 Å². The van der Waals surface area contributed by atoms with Gasteiger partial charge < -0.3 is 14.5 Å². The predicted octanol–water partition coefficient (Wildman–Crippen LogP) is 1.29. The number of ether oxygens (including phenoxy) is 1. The molecule has 1 fully saturated rings. The maximum atomic E-state index is 9.38. The SMILES string of the molecule is CCN1CCN(c2nn(-c3cccc(OC)c3)nc2C#N)CC1. The van der Waals surface area contributed by atoms with Gasteiger partial charge in [0.1, 0.15) is 11.8 Å². The quantitative estimate of drug-likeness (QED) is 0.847. The van der Waals surface area contributed by atoms with Crippen LogP contribution in [-0.4, -0.2) is 59.7 Å². The Morgan fingerprint density at radius 1 is 1.22 bits per heavy atom. The molecular weight excluding hydrogens is 292 g/mol. The summed E-state index contributed by atoms with van der Waals surface area (Å²) in [5.41, 5.74) is 1.14. The van der Waals surface area contributed by atoms with Gasteiger partial charge in [0.2, 0.25) is 5.69 Å². The van der Waals surface area contributed by atoms with Crippen LogP contribution in [0.5, 0.6) is 5.75 Å². The van der Waals surface area contributed by atoms with Gasteiger partial charge in [0.25, 0.3) is 0 Å². The fraction of sp³-hybridized carbons (Fsp3) is 0.438. The Kier molecular flexibility index (Phi) is 4.44. The minimum Gasteiger partial charge on any atom is -0.497 e. The van der Waals surface area contributed by atoms with Crippen molar-refractivity contribution in [3.63, 3.8) is 0 Å². The molecule has 0 spiro atoms. The number of rotatable bonds is 4. The van der Waals surface area contributed by atoms with Crippen molar-refractivity contribution in [1.82, 2.24) is 19.9 Å². The number of nitrogens with zero attached hydrogens (tertiary/aromatic N) is 6. The van der Waals surface area contributed by atoms with Crippen LogP contribution in [0.2, 0.25) is 0 Å². The van der Waals surface area contributed by atoms with Crippen molar-refractivity contribution in [3.8, 4) is 17.5 Å². The second-order valence-corrected chi connectivity index (χ2v) is 5.40. The maximum Gasteiger partial charge on any atom is 0.207 e. The van der Waals surface area contributed by atoms with Crippen LogP contribution in [-0.2, 0) is 0 Å². The van der Waals surface area contributed by atoms with Crippen molar-refractivity contribution >= 4 is 5.82 Å². The van der Waals surface area contributed by atoms with Gasteiger partial charge in [0.05, 0.1) is 12.8 Å². The van der Waals surface area contributed by atoms with Gasteiger partial charge in [0.15, 0.2) is 5.82 Å². The molecule has 0 N–H and O–H groups in total.